The van der Waals surface area contributed by atoms with Gasteiger partial charge in [-0.3, -0.25) is 0 Å². The molecule has 0 aromatic heterocycles. The molecule has 0 amide bonds. The number of halogens is 2. The largest absolute Gasteiger partial charge is 0.329 e. The summed E-state index contributed by atoms with van der Waals surface area (Å²) in [5.74, 6) is -0.288. The summed E-state index contributed by atoms with van der Waals surface area (Å²) in [6.45, 7) is 4.16. The van der Waals surface area contributed by atoms with Crippen LogP contribution in [0.15, 0.2) is 27.6 Å². The van der Waals surface area contributed by atoms with Crippen molar-refractivity contribution in [1.82, 2.24) is 4.72 Å². The van der Waals surface area contributed by atoms with Crippen LogP contribution >= 0.6 is 15.9 Å². The molecule has 1 aromatic rings. The van der Waals surface area contributed by atoms with Crippen LogP contribution in [0.4, 0.5) is 4.39 Å². The van der Waals surface area contributed by atoms with Gasteiger partial charge in [-0.2, -0.15) is 0 Å². The quantitative estimate of drug-likeness (QED) is 0.824. The molecule has 1 rings (SSSR count). The number of sulfonamides is 1. The van der Waals surface area contributed by atoms with Crippen molar-refractivity contribution in [3.05, 3.63) is 28.5 Å². The number of nitrogens with two attached hydrogens (primary N) is 1. The molecule has 1 unspecified atom stereocenters. The lowest BCUT2D eigenvalue weighted by Crippen LogP contribution is -2.41. The van der Waals surface area contributed by atoms with Gasteiger partial charge in [0.2, 0.25) is 10.0 Å². The van der Waals surface area contributed by atoms with Crippen molar-refractivity contribution in [1.29, 1.82) is 0 Å². The second kappa shape index (κ2) is 6.78. The number of rotatable bonds is 6. The molecule has 0 saturated carbocycles. The highest BCUT2D eigenvalue weighted by Gasteiger charge is 2.22. The van der Waals surface area contributed by atoms with Crippen molar-refractivity contribution in [2.24, 2.45) is 11.7 Å². The number of benzene rings is 1. The summed E-state index contributed by atoms with van der Waals surface area (Å²) in [5, 5.41) is 0. The van der Waals surface area contributed by atoms with Gasteiger partial charge in [0.15, 0.2) is 0 Å². The van der Waals surface area contributed by atoms with E-state index < -0.39 is 15.8 Å². The Kier molecular flexibility index (Phi) is 5.91. The highest BCUT2D eigenvalue weighted by Crippen LogP contribution is 2.23. The minimum absolute atomic E-state index is 0.116. The fourth-order valence-corrected chi connectivity index (χ4v) is 3.96. The van der Waals surface area contributed by atoms with Crippen molar-refractivity contribution in [3.8, 4) is 0 Å². The summed E-state index contributed by atoms with van der Waals surface area (Å²) >= 11 is 3.11. The van der Waals surface area contributed by atoms with Crippen LogP contribution in [0, 0.1) is 11.7 Å². The van der Waals surface area contributed by atoms with Crippen LogP contribution in [-0.2, 0) is 10.0 Å². The van der Waals surface area contributed by atoms with Crippen LogP contribution in [0.25, 0.3) is 0 Å². The van der Waals surface area contributed by atoms with Gasteiger partial charge in [0.25, 0.3) is 0 Å². The monoisotopic (exact) mass is 352 g/mol. The number of nitrogens with one attached hydrogen (secondary N) is 1. The molecule has 0 aliphatic heterocycles. The Balaban J connectivity index is 3.00. The standard InChI is InChI=1S/C12H18BrFN2O2S/c1-8(2)5-10(7-15)16-19(17,18)12-6-9(14)3-4-11(12)13/h3-4,6,8,10,16H,5,7,15H2,1-2H3. The molecule has 0 fully saturated rings. The minimum atomic E-state index is -3.79. The van der Waals surface area contributed by atoms with Gasteiger partial charge >= 0.3 is 0 Å². The van der Waals surface area contributed by atoms with Crippen LogP contribution in [0.1, 0.15) is 20.3 Å². The molecule has 7 heteroatoms. The van der Waals surface area contributed by atoms with Gasteiger partial charge in [-0.1, -0.05) is 13.8 Å². The predicted molar refractivity (Wildman–Crippen MR) is 76.7 cm³/mol. The van der Waals surface area contributed by atoms with E-state index in [1.54, 1.807) is 0 Å². The van der Waals surface area contributed by atoms with Crippen molar-refractivity contribution in [2.75, 3.05) is 6.54 Å². The normalized spacial score (nSPS) is 13.8. The van der Waals surface area contributed by atoms with Gasteiger partial charge in [0.05, 0.1) is 4.90 Å². The lowest BCUT2D eigenvalue weighted by Gasteiger charge is -2.19. The average Bonchev–Trinajstić information content (AvgIpc) is 2.30. The molecule has 0 spiro atoms. The molecule has 1 aromatic carbocycles. The van der Waals surface area contributed by atoms with Gasteiger partial charge < -0.3 is 5.73 Å². The van der Waals surface area contributed by atoms with E-state index in [1.807, 2.05) is 13.8 Å². The Morgan fingerprint density at radius 1 is 1.42 bits per heavy atom. The van der Waals surface area contributed by atoms with Gasteiger partial charge in [-0.25, -0.2) is 17.5 Å². The first-order chi connectivity index (χ1) is 8.76. The van der Waals surface area contributed by atoms with Crippen molar-refractivity contribution in [2.45, 2.75) is 31.2 Å². The zero-order valence-corrected chi connectivity index (χ0v) is 13.3. The molecule has 0 bridgehead atoms. The van der Waals surface area contributed by atoms with Gasteiger partial charge in [-0.05, 0) is 46.5 Å². The van der Waals surface area contributed by atoms with E-state index in [2.05, 4.69) is 20.7 Å². The third-order valence-corrected chi connectivity index (χ3v) is 5.06. The summed E-state index contributed by atoms with van der Waals surface area (Å²) in [6, 6.07) is 3.18. The smallest absolute Gasteiger partial charge is 0.242 e. The summed E-state index contributed by atoms with van der Waals surface area (Å²) < 4.78 is 40.4. The average molecular weight is 353 g/mol. The van der Waals surface area contributed by atoms with Crippen molar-refractivity contribution < 1.29 is 12.8 Å². The molecule has 3 N–H and O–H groups in total. The zero-order chi connectivity index (χ0) is 14.6. The number of hydrogen-bond donors (Lipinski definition) is 2. The first-order valence-corrected chi connectivity index (χ1v) is 8.21. The van der Waals surface area contributed by atoms with Gasteiger partial charge in [0.1, 0.15) is 5.82 Å². The second-order valence-corrected chi connectivity index (χ2v) is 7.29. The van der Waals surface area contributed by atoms with Crippen molar-refractivity contribution >= 4 is 26.0 Å². The first-order valence-electron chi connectivity index (χ1n) is 5.93. The van der Waals surface area contributed by atoms with E-state index in [1.165, 1.54) is 12.1 Å². The lowest BCUT2D eigenvalue weighted by atomic mass is 10.1. The van der Waals surface area contributed by atoms with E-state index in [0.29, 0.717) is 16.8 Å². The summed E-state index contributed by atoms with van der Waals surface area (Å²) in [6.07, 6.45) is 0.628. The van der Waals surface area contributed by atoms with Gasteiger partial charge in [0, 0.05) is 17.1 Å². The molecule has 1 atom stereocenters. The summed E-state index contributed by atoms with van der Waals surface area (Å²) in [7, 11) is -3.79. The summed E-state index contributed by atoms with van der Waals surface area (Å²) in [4.78, 5) is -0.116. The topological polar surface area (TPSA) is 72.2 Å². The molecule has 0 aliphatic carbocycles. The second-order valence-electron chi connectivity index (χ2n) is 4.76. The maximum absolute atomic E-state index is 13.2. The molecule has 108 valence electrons. The highest BCUT2D eigenvalue weighted by atomic mass is 79.9. The molecular formula is C12H18BrFN2O2S. The van der Waals surface area contributed by atoms with Crippen LogP contribution in [0.2, 0.25) is 0 Å². The van der Waals surface area contributed by atoms with Crippen LogP contribution < -0.4 is 10.5 Å². The van der Waals surface area contributed by atoms with E-state index >= 15 is 0 Å². The van der Waals surface area contributed by atoms with E-state index in [4.69, 9.17) is 5.73 Å². The fraction of sp³-hybridized carbons (Fsp3) is 0.500. The molecule has 19 heavy (non-hydrogen) atoms. The Morgan fingerprint density at radius 3 is 2.58 bits per heavy atom. The molecule has 0 radical (unpaired) electrons. The Hall–Kier alpha value is -0.500. The van der Waals surface area contributed by atoms with E-state index in [-0.39, 0.29) is 17.5 Å². The third-order valence-electron chi connectivity index (χ3n) is 2.55. The molecule has 4 nitrogen and oxygen atoms in total. The SMILES string of the molecule is CC(C)CC(CN)NS(=O)(=O)c1cc(F)ccc1Br. The van der Waals surface area contributed by atoms with Crippen LogP contribution in [0.3, 0.4) is 0 Å². The Labute approximate surface area is 121 Å². The van der Waals surface area contributed by atoms with Gasteiger partial charge in [-0.15, -0.1) is 0 Å². The Bertz CT molecular complexity index is 535. The number of hydrogen-bond acceptors (Lipinski definition) is 3. The van der Waals surface area contributed by atoms with Crippen LogP contribution in [0.5, 0.6) is 0 Å². The summed E-state index contributed by atoms with van der Waals surface area (Å²) in [5.41, 5.74) is 5.56. The fourth-order valence-electron chi connectivity index (χ4n) is 1.73. The molecular weight excluding hydrogens is 335 g/mol. The first kappa shape index (κ1) is 16.6. The Morgan fingerprint density at radius 2 is 2.05 bits per heavy atom. The minimum Gasteiger partial charge on any atom is -0.329 e. The maximum Gasteiger partial charge on any atom is 0.242 e. The lowest BCUT2D eigenvalue weighted by molar-refractivity contribution is 0.464. The zero-order valence-electron chi connectivity index (χ0n) is 10.9. The van der Waals surface area contributed by atoms with Crippen molar-refractivity contribution in [3.63, 3.8) is 0 Å². The van der Waals surface area contributed by atoms with E-state index in [9.17, 15) is 12.8 Å². The molecule has 0 saturated heterocycles. The predicted octanol–water partition coefficient (Wildman–Crippen LogP) is 2.24. The molecule has 0 heterocycles. The van der Waals surface area contributed by atoms with Crippen LogP contribution in [-0.4, -0.2) is 21.0 Å². The third kappa shape index (κ3) is 4.83. The maximum atomic E-state index is 13.2. The highest BCUT2D eigenvalue weighted by molar-refractivity contribution is 9.10. The van der Waals surface area contributed by atoms with E-state index in [0.717, 1.165) is 6.07 Å². The molecule has 0 aliphatic rings.